The lowest BCUT2D eigenvalue weighted by atomic mass is 9.86. The van der Waals surface area contributed by atoms with Gasteiger partial charge in [-0.2, -0.15) is 0 Å². The van der Waals surface area contributed by atoms with Gasteiger partial charge in [-0.3, -0.25) is 5.32 Å². The molecule has 0 unspecified atom stereocenters. The lowest BCUT2D eigenvalue weighted by Gasteiger charge is -2.30. The molecule has 0 saturated carbocycles. The Labute approximate surface area is 183 Å². The highest BCUT2D eigenvalue weighted by Crippen LogP contribution is 2.34. The second-order valence-corrected chi connectivity index (χ2v) is 7.99. The number of para-hydroxylation sites is 1. The van der Waals surface area contributed by atoms with Gasteiger partial charge in [-0.1, -0.05) is 30.3 Å². The van der Waals surface area contributed by atoms with Gasteiger partial charge in [0.1, 0.15) is 11.4 Å². The lowest BCUT2D eigenvalue weighted by molar-refractivity contribution is -0.167. The first kappa shape index (κ1) is 24.2. The molecule has 0 saturated heterocycles. The quantitative estimate of drug-likeness (QED) is 0.583. The Morgan fingerprint density at radius 3 is 2.16 bits per heavy atom. The zero-order valence-electron chi connectivity index (χ0n) is 18.7. The molecule has 7 nitrogen and oxygen atoms in total. The Balaban J connectivity index is 2.36. The number of hydrogen-bond donors (Lipinski definition) is 2. The number of nitrogens with one attached hydrogen (secondary N) is 1. The Morgan fingerprint density at radius 1 is 0.968 bits per heavy atom. The summed E-state index contributed by atoms with van der Waals surface area (Å²) in [6.07, 6.45) is -0.495. The highest BCUT2D eigenvalue weighted by Gasteiger charge is 2.42. The van der Waals surface area contributed by atoms with Crippen molar-refractivity contribution in [1.82, 2.24) is 0 Å². The van der Waals surface area contributed by atoms with Crippen LogP contribution in [0.5, 0.6) is 5.75 Å². The largest absolute Gasteiger partial charge is 0.494 e. The van der Waals surface area contributed by atoms with Gasteiger partial charge in [-0.25, -0.2) is 9.59 Å². The Bertz CT molecular complexity index is 888. The van der Waals surface area contributed by atoms with Gasteiger partial charge in [0, 0.05) is 18.7 Å². The van der Waals surface area contributed by atoms with Gasteiger partial charge in [-0.05, 0) is 63.9 Å². The molecule has 1 amide bonds. The van der Waals surface area contributed by atoms with E-state index in [-0.39, 0.29) is 13.0 Å². The summed E-state index contributed by atoms with van der Waals surface area (Å²) in [4.78, 5) is 24.4. The zero-order valence-corrected chi connectivity index (χ0v) is 18.7. The number of ether oxygens (including phenoxy) is 3. The maximum absolute atomic E-state index is 12.4. The minimum absolute atomic E-state index is 0.0885. The molecular weight excluding hydrogens is 398 g/mol. The lowest BCUT2D eigenvalue weighted by Crippen LogP contribution is -2.41. The van der Waals surface area contributed by atoms with Crippen molar-refractivity contribution in [2.24, 2.45) is 0 Å². The molecule has 0 aromatic heterocycles. The van der Waals surface area contributed by atoms with Gasteiger partial charge >= 0.3 is 12.1 Å². The summed E-state index contributed by atoms with van der Waals surface area (Å²) in [6.45, 7) is 9.64. The predicted octanol–water partition coefficient (Wildman–Crippen LogP) is 4.99. The van der Waals surface area contributed by atoms with Crippen LogP contribution in [0.3, 0.4) is 0 Å². The average molecular weight is 430 g/mol. The molecule has 7 heteroatoms. The number of carboxylic acid groups (broad SMARTS) is 1. The summed E-state index contributed by atoms with van der Waals surface area (Å²) < 4.78 is 16.8. The number of hydrogen-bond acceptors (Lipinski definition) is 5. The fourth-order valence-electron chi connectivity index (χ4n) is 3.20. The molecule has 0 aliphatic rings. The number of aliphatic carboxylic acids is 1. The van der Waals surface area contributed by atoms with Crippen LogP contribution in [0.2, 0.25) is 0 Å². The van der Waals surface area contributed by atoms with Crippen molar-refractivity contribution in [2.75, 3.05) is 18.5 Å². The number of benzene rings is 2. The van der Waals surface area contributed by atoms with E-state index in [1.165, 1.54) is 0 Å². The Morgan fingerprint density at radius 2 is 1.61 bits per heavy atom. The first-order chi connectivity index (χ1) is 14.6. The van der Waals surface area contributed by atoms with Crippen molar-refractivity contribution in [3.05, 3.63) is 59.7 Å². The Kier molecular flexibility index (Phi) is 8.05. The van der Waals surface area contributed by atoms with Gasteiger partial charge in [0.15, 0.2) is 5.60 Å². The van der Waals surface area contributed by atoms with Crippen LogP contribution in [0.1, 0.15) is 45.7 Å². The molecule has 0 spiro atoms. The van der Waals surface area contributed by atoms with E-state index in [0.717, 1.165) is 5.56 Å². The maximum Gasteiger partial charge on any atom is 0.412 e. The minimum atomic E-state index is -1.60. The summed E-state index contributed by atoms with van der Waals surface area (Å²) in [6, 6.07) is 13.9. The monoisotopic (exact) mass is 429 g/mol. The Hall–Kier alpha value is -3.06. The van der Waals surface area contributed by atoms with Crippen LogP contribution in [0.25, 0.3) is 0 Å². The van der Waals surface area contributed by atoms with Gasteiger partial charge in [0.05, 0.1) is 6.61 Å². The van der Waals surface area contributed by atoms with E-state index < -0.39 is 23.3 Å². The maximum atomic E-state index is 12.4. The third-order valence-electron chi connectivity index (χ3n) is 4.44. The van der Waals surface area contributed by atoms with Crippen LogP contribution in [0, 0.1) is 0 Å². The topological polar surface area (TPSA) is 94.1 Å². The molecule has 0 aliphatic carbocycles. The van der Waals surface area contributed by atoms with Crippen molar-refractivity contribution in [1.29, 1.82) is 0 Å². The number of amides is 1. The highest BCUT2D eigenvalue weighted by molar-refractivity contribution is 5.85. The van der Waals surface area contributed by atoms with Crippen LogP contribution < -0.4 is 10.1 Å². The van der Waals surface area contributed by atoms with Gasteiger partial charge in [0.2, 0.25) is 0 Å². The number of carboxylic acids is 1. The first-order valence-electron chi connectivity index (χ1n) is 10.3. The third kappa shape index (κ3) is 6.46. The van der Waals surface area contributed by atoms with Crippen LogP contribution in [-0.2, 0) is 26.3 Å². The number of anilines is 1. The van der Waals surface area contributed by atoms with Crippen LogP contribution in [0.15, 0.2) is 48.5 Å². The average Bonchev–Trinajstić information content (AvgIpc) is 2.68. The fraction of sp³-hybridized carbons (Fsp3) is 0.417. The van der Waals surface area contributed by atoms with E-state index in [4.69, 9.17) is 14.2 Å². The van der Waals surface area contributed by atoms with Crippen molar-refractivity contribution >= 4 is 17.7 Å². The molecule has 0 heterocycles. The van der Waals surface area contributed by atoms with Gasteiger partial charge < -0.3 is 19.3 Å². The van der Waals surface area contributed by atoms with E-state index in [1.54, 1.807) is 52.0 Å². The van der Waals surface area contributed by atoms with Crippen LogP contribution >= 0.6 is 0 Å². The summed E-state index contributed by atoms with van der Waals surface area (Å²) in [5, 5.41) is 12.8. The fourth-order valence-corrected chi connectivity index (χ4v) is 3.20. The zero-order chi connectivity index (χ0) is 23.1. The molecule has 31 heavy (non-hydrogen) atoms. The van der Waals surface area contributed by atoms with E-state index in [0.29, 0.717) is 23.6 Å². The molecule has 2 N–H and O–H groups in total. The van der Waals surface area contributed by atoms with Crippen molar-refractivity contribution in [3.63, 3.8) is 0 Å². The summed E-state index contributed by atoms with van der Waals surface area (Å²) in [7, 11) is 0. The summed E-state index contributed by atoms with van der Waals surface area (Å²) in [5.74, 6) is -0.480. The predicted molar refractivity (Wildman–Crippen MR) is 119 cm³/mol. The van der Waals surface area contributed by atoms with Gasteiger partial charge in [0.25, 0.3) is 0 Å². The summed E-state index contributed by atoms with van der Waals surface area (Å²) in [5.41, 5.74) is -0.541. The number of carbonyl (C=O) groups is 2. The number of carbonyl (C=O) groups excluding carboxylic acids is 1. The van der Waals surface area contributed by atoms with Gasteiger partial charge in [-0.15, -0.1) is 0 Å². The third-order valence-corrected chi connectivity index (χ3v) is 4.44. The van der Waals surface area contributed by atoms with Crippen molar-refractivity contribution < 1.29 is 28.9 Å². The van der Waals surface area contributed by atoms with Crippen molar-refractivity contribution in [3.8, 4) is 5.75 Å². The number of rotatable bonds is 9. The molecule has 2 aromatic carbocycles. The molecule has 1 atom stereocenters. The summed E-state index contributed by atoms with van der Waals surface area (Å²) >= 11 is 0. The highest BCUT2D eigenvalue weighted by atomic mass is 16.6. The smallest absolute Gasteiger partial charge is 0.412 e. The van der Waals surface area contributed by atoms with E-state index in [1.807, 2.05) is 31.2 Å². The van der Waals surface area contributed by atoms with E-state index >= 15 is 0 Å². The molecule has 0 aliphatic heterocycles. The molecule has 0 bridgehead atoms. The van der Waals surface area contributed by atoms with Crippen LogP contribution in [-0.4, -0.2) is 36.0 Å². The standard InChI is InChI=1S/C24H31NO6/c1-6-29-20-11-9-8-10-17(20)16-24(21(26)27,30-7-2)18-12-14-19(15-13-18)25-22(28)31-23(3,4)5/h8-15H,6-7,16H2,1-5H3,(H,25,28)(H,26,27)/t24-/m1/s1. The first-order valence-corrected chi connectivity index (χ1v) is 10.3. The SMILES string of the molecule is CCOc1ccccc1C[C@](OCC)(C(=O)O)c1ccc(NC(=O)OC(C)(C)C)cc1. The second kappa shape index (κ2) is 10.3. The van der Waals surface area contributed by atoms with Crippen molar-refractivity contribution in [2.45, 2.75) is 52.2 Å². The normalized spacial score (nSPS) is 13.2. The van der Waals surface area contributed by atoms with Crippen LogP contribution in [0.4, 0.5) is 10.5 Å². The molecule has 168 valence electrons. The molecule has 0 fully saturated rings. The van der Waals surface area contributed by atoms with E-state index in [2.05, 4.69) is 5.32 Å². The minimum Gasteiger partial charge on any atom is -0.494 e. The molecule has 0 radical (unpaired) electrons. The second-order valence-electron chi connectivity index (χ2n) is 7.99. The molecule has 2 aromatic rings. The van der Waals surface area contributed by atoms with E-state index in [9.17, 15) is 14.7 Å². The molecule has 2 rings (SSSR count). The molecular formula is C24H31NO6.